The van der Waals surface area contributed by atoms with Crippen LogP contribution in [0.5, 0.6) is 0 Å². The van der Waals surface area contributed by atoms with Crippen molar-refractivity contribution in [2.75, 3.05) is 18.4 Å². The van der Waals surface area contributed by atoms with E-state index in [0.717, 1.165) is 16.8 Å². The number of nitrogens with zero attached hydrogens (tertiary/aromatic N) is 4. The van der Waals surface area contributed by atoms with Crippen molar-refractivity contribution in [1.82, 2.24) is 19.7 Å². The largest absolute Gasteiger partial charge is 0.338 e. The van der Waals surface area contributed by atoms with Crippen LogP contribution >= 0.6 is 11.6 Å². The lowest BCUT2D eigenvalue weighted by molar-refractivity contribution is -0.121. The van der Waals surface area contributed by atoms with E-state index in [9.17, 15) is 9.59 Å². The van der Waals surface area contributed by atoms with Crippen molar-refractivity contribution in [2.24, 2.45) is 5.92 Å². The van der Waals surface area contributed by atoms with Gasteiger partial charge in [-0.2, -0.15) is 5.10 Å². The number of nitrogens with one attached hydrogen (secondary N) is 1. The van der Waals surface area contributed by atoms with Gasteiger partial charge in [-0.05, 0) is 61.7 Å². The molecule has 1 aliphatic heterocycles. The lowest BCUT2D eigenvalue weighted by atomic mass is 9.95. The van der Waals surface area contributed by atoms with Gasteiger partial charge in [0.1, 0.15) is 11.5 Å². The van der Waals surface area contributed by atoms with E-state index in [4.69, 9.17) is 16.7 Å². The van der Waals surface area contributed by atoms with Crippen LogP contribution in [-0.2, 0) is 4.79 Å². The van der Waals surface area contributed by atoms with Gasteiger partial charge in [-0.3, -0.25) is 9.59 Å². The first kappa shape index (κ1) is 23.8. The van der Waals surface area contributed by atoms with E-state index in [-0.39, 0.29) is 17.7 Å². The maximum absolute atomic E-state index is 13.6. The number of pyridine rings is 1. The number of para-hydroxylation sites is 1. The molecular weight excluding hydrogens is 474 g/mol. The number of hydrogen-bond acceptors (Lipinski definition) is 4. The fraction of sp³-hybridized carbons (Fsp3) is 0.214. The van der Waals surface area contributed by atoms with Gasteiger partial charge < -0.3 is 10.2 Å². The summed E-state index contributed by atoms with van der Waals surface area (Å²) in [5.74, 6) is 0.235. The van der Waals surface area contributed by atoms with Crippen LogP contribution in [0.15, 0.2) is 79.1 Å². The van der Waals surface area contributed by atoms with E-state index in [0.29, 0.717) is 48.0 Å². The topological polar surface area (TPSA) is 80.1 Å². The third-order valence-corrected chi connectivity index (χ3v) is 6.65. The van der Waals surface area contributed by atoms with Crippen LogP contribution in [0.4, 0.5) is 5.82 Å². The SMILES string of the molecule is Cc1ccnc(NC(=O)C2CCN(C(=O)c3cn(-c4ccccc4)nc3-c3ccc(Cl)cc3)CC2)c1. The molecule has 3 heterocycles. The summed E-state index contributed by atoms with van der Waals surface area (Å²) in [5.41, 5.74) is 3.84. The fourth-order valence-corrected chi connectivity index (χ4v) is 4.54. The van der Waals surface area contributed by atoms with E-state index in [2.05, 4.69) is 10.3 Å². The Labute approximate surface area is 214 Å². The molecule has 1 N–H and O–H groups in total. The van der Waals surface area contributed by atoms with Crippen molar-refractivity contribution in [3.63, 3.8) is 0 Å². The molecule has 0 spiro atoms. The van der Waals surface area contributed by atoms with Crippen LogP contribution in [0.2, 0.25) is 5.02 Å². The lowest BCUT2D eigenvalue weighted by Crippen LogP contribution is -2.41. The summed E-state index contributed by atoms with van der Waals surface area (Å²) in [4.78, 5) is 32.4. The number of aromatic nitrogens is 3. The van der Waals surface area contributed by atoms with Crippen molar-refractivity contribution in [2.45, 2.75) is 19.8 Å². The molecule has 2 aromatic heterocycles. The second kappa shape index (κ2) is 10.3. The molecule has 1 fully saturated rings. The molecule has 0 unspecified atom stereocenters. The number of halogens is 1. The number of likely N-dealkylation sites (tertiary alicyclic amines) is 1. The molecule has 7 nitrogen and oxygen atoms in total. The molecule has 36 heavy (non-hydrogen) atoms. The number of carbonyl (C=O) groups excluding carboxylic acids is 2. The third-order valence-electron chi connectivity index (χ3n) is 6.40. The molecule has 0 atom stereocenters. The number of carbonyl (C=O) groups is 2. The number of rotatable bonds is 5. The van der Waals surface area contributed by atoms with Gasteiger partial charge in [0, 0.05) is 42.0 Å². The molecule has 5 rings (SSSR count). The predicted octanol–water partition coefficient (Wildman–Crippen LogP) is 5.39. The highest BCUT2D eigenvalue weighted by molar-refractivity contribution is 6.30. The molecule has 2 aromatic carbocycles. The highest BCUT2D eigenvalue weighted by atomic mass is 35.5. The van der Waals surface area contributed by atoms with Gasteiger partial charge >= 0.3 is 0 Å². The normalized spacial score (nSPS) is 14.0. The summed E-state index contributed by atoms with van der Waals surface area (Å²) >= 11 is 6.08. The average molecular weight is 500 g/mol. The minimum atomic E-state index is -0.167. The van der Waals surface area contributed by atoms with Crippen molar-refractivity contribution < 1.29 is 9.59 Å². The van der Waals surface area contributed by atoms with E-state index >= 15 is 0 Å². The Kier molecular flexibility index (Phi) is 6.82. The molecular formula is C28H26ClN5O2. The molecule has 0 radical (unpaired) electrons. The Hall–Kier alpha value is -3.97. The van der Waals surface area contributed by atoms with Gasteiger partial charge in [-0.25, -0.2) is 9.67 Å². The third kappa shape index (κ3) is 5.16. The van der Waals surface area contributed by atoms with Crippen LogP contribution in [0, 0.1) is 12.8 Å². The smallest absolute Gasteiger partial charge is 0.257 e. The Balaban J connectivity index is 1.33. The molecule has 8 heteroatoms. The van der Waals surface area contributed by atoms with E-state index in [1.807, 2.05) is 61.5 Å². The van der Waals surface area contributed by atoms with Gasteiger partial charge in [-0.15, -0.1) is 0 Å². The van der Waals surface area contributed by atoms with E-state index < -0.39 is 0 Å². The molecule has 1 aliphatic rings. The first-order valence-electron chi connectivity index (χ1n) is 11.9. The van der Waals surface area contributed by atoms with Crippen LogP contribution < -0.4 is 5.32 Å². The maximum atomic E-state index is 13.6. The first-order valence-corrected chi connectivity index (χ1v) is 12.3. The summed E-state index contributed by atoms with van der Waals surface area (Å²) in [6.07, 6.45) is 4.64. The number of aryl methyl sites for hydroxylation is 1. The average Bonchev–Trinajstić information content (AvgIpc) is 3.35. The fourth-order valence-electron chi connectivity index (χ4n) is 4.41. The number of hydrogen-bond donors (Lipinski definition) is 1. The van der Waals surface area contributed by atoms with Crippen LogP contribution in [0.3, 0.4) is 0 Å². The molecule has 4 aromatic rings. The van der Waals surface area contributed by atoms with E-state index in [1.54, 1.807) is 34.1 Å². The molecule has 0 aliphatic carbocycles. The van der Waals surface area contributed by atoms with Gasteiger partial charge in [0.2, 0.25) is 5.91 Å². The quantitative estimate of drug-likeness (QED) is 0.399. The zero-order valence-electron chi connectivity index (χ0n) is 19.9. The Morgan fingerprint density at radius 3 is 2.42 bits per heavy atom. The van der Waals surface area contributed by atoms with Gasteiger partial charge in [-0.1, -0.05) is 41.9 Å². The van der Waals surface area contributed by atoms with Crippen LogP contribution in [0.25, 0.3) is 16.9 Å². The Morgan fingerprint density at radius 2 is 1.72 bits per heavy atom. The standard InChI is InChI=1S/C28H26ClN5O2/c1-19-11-14-30-25(17-19)31-27(35)21-12-15-33(16-13-21)28(36)24-18-34(23-5-3-2-4-6-23)32-26(24)20-7-9-22(29)10-8-20/h2-11,14,17-18,21H,12-13,15-16H2,1H3,(H,30,31,35). The monoisotopic (exact) mass is 499 g/mol. The van der Waals surface area contributed by atoms with Crippen molar-refractivity contribution in [3.05, 3.63) is 95.3 Å². The summed E-state index contributed by atoms with van der Waals surface area (Å²) in [6, 6.07) is 20.7. The second-order valence-corrected chi connectivity index (χ2v) is 9.39. The zero-order chi connectivity index (χ0) is 25.1. The molecule has 2 amide bonds. The summed E-state index contributed by atoms with van der Waals surface area (Å²) in [6.45, 7) is 2.95. The highest BCUT2D eigenvalue weighted by Gasteiger charge is 2.30. The Morgan fingerprint density at radius 1 is 1.00 bits per heavy atom. The minimum Gasteiger partial charge on any atom is -0.338 e. The van der Waals surface area contributed by atoms with Crippen molar-refractivity contribution in [3.8, 4) is 16.9 Å². The minimum absolute atomic E-state index is 0.0565. The van der Waals surface area contributed by atoms with Crippen molar-refractivity contribution in [1.29, 1.82) is 0 Å². The van der Waals surface area contributed by atoms with Gasteiger partial charge in [0.15, 0.2) is 0 Å². The Bertz CT molecular complexity index is 1380. The number of amides is 2. The summed E-state index contributed by atoms with van der Waals surface area (Å²) < 4.78 is 1.73. The molecule has 182 valence electrons. The summed E-state index contributed by atoms with van der Waals surface area (Å²) in [7, 11) is 0. The maximum Gasteiger partial charge on any atom is 0.257 e. The molecule has 0 saturated carbocycles. The van der Waals surface area contributed by atoms with E-state index in [1.165, 1.54) is 0 Å². The highest BCUT2D eigenvalue weighted by Crippen LogP contribution is 2.28. The first-order chi connectivity index (χ1) is 17.5. The van der Waals surface area contributed by atoms with Crippen LogP contribution in [0.1, 0.15) is 28.8 Å². The molecule has 1 saturated heterocycles. The zero-order valence-corrected chi connectivity index (χ0v) is 20.7. The molecule has 0 bridgehead atoms. The summed E-state index contributed by atoms with van der Waals surface area (Å²) in [5, 5.41) is 8.28. The lowest BCUT2D eigenvalue weighted by Gasteiger charge is -2.31. The van der Waals surface area contributed by atoms with Crippen LogP contribution in [-0.4, -0.2) is 44.6 Å². The predicted molar refractivity (Wildman–Crippen MR) is 140 cm³/mol. The van der Waals surface area contributed by atoms with Crippen molar-refractivity contribution >= 4 is 29.2 Å². The second-order valence-electron chi connectivity index (χ2n) is 8.95. The number of benzene rings is 2. The number of anilines is 1. The van der Waals surface area contributed by atoms with Gasteiger partial charge in [0.25, 0.3) is 5.91 Å². The van der Waals surface area contributed by atoms with Gasteiger partial charge in [0.05, 0.1) is 11.3 Å². The number of piperidine rings is 1.